The minimum absolute atomic E-state index is 0.188. The van der Waals surface area contributed by atoms with Crippen molar-refractivity contribution in [3.63, 3.8) is 0 Å². The van der Waals surface area contributed by atoms with Crippen molar-refractivity contribution in [2.24, 2.45) is 0 Å². The standard InChI is InChI=1S/C6H13NOSe/c1-5(2)7-6(8)4-9-3/h5H,4H2,1-3H3,(H,7,8). The van der Waals surface area contributed by atoms with Crippen molar-refractivity contribution in [1.29, 1.82) is 0 Å². The molecule has 0 aromatic carbocycles. The number of nitrogens with one attached hydrogen (secondary N) is 1. The van der Waals surface area contributed by atoms with E-state index in [0.29, 0.717) is 26.3 Å². The van der Waals surface area contributed by atoms with Crippen LogP contribution in [0.25, 0.3) is 0 Å². The van der Waals surface area contributed by atoms with Crippen LogP contribution in [0.1, 0.15) is 13.8 Å². The van der Waals surface area contributed by atoms with Crippen molar-refractivity contribution in [3.8, 4) is 0 Å². The van der Waals surface area contributed by atoms with Crippen LogP contribution in [0.4, 0.5) is 0 Å². The van der Waals surface area contributed by atoms with E-state index in [9.17, 15) is 4.79 Å². The van der Waals surface area contributed by atoms with E-state index in [-0.39, 0.29) is 5.91 Å². The first-order valence-electron chi connectivity index (χ1n) is 2.95. The molecule has 0 saturated carbocycles. The molecule has 0 aromatic heterocycles. The molecule has 0 bridgehead atoms. The summed E-state index contributed by atoms with van der Waals surface area (Å²) in [6.07, 6.45) is 0. The van der Waals surface area contributed by atoms with Gasteiger partial charge >= 0.3 is 62.0 Å². The molecule has 0 rings (SSSR count). The number of hydrogen-bond donors (Lipinski definition) is 1. The second-order valence-electron chi connectivity index (χ2n) is 2.16. The number of carbonyl (C=O) groups is 1. The second-order valence-corrected chi connectivity index (χ2v) is 3.97. The van der Waals surface area contributed by atoms with Gasteiger partial charge in [0.05, 0.1) is 0 Å². The molecule has 0 heterocycles. The van der Waals surface area contributed by atoms with E-state index in [2.05, 4.69) is 11.1 Å². The van der Waals surface area contributed by atoms with Gasteiger partial charge in [-0.05, 0) is 0 Å². The monoisotopic (exact) mass is 195 g/mol. The van der Waals surface area contributed by atoms with Crippen LogP contribution in [0.2, 0.25) is 11.1 Å². The van der Waals surface area contributed by atoms with Gasteiger partial charge in [-0.3, -0.25) is 0 Å². The molecule has 9 heavy (non-hydrogen) atoms. The van der Waals surface area contributed by atoms with Gasteiger partial charge in [-0.15, -0.1) is 0 Å². The molecule has 0 spiro atoms. The molecule has 3 heteroatoms. The minimum atomic E-state index is 0.188. The molecule has 0 aliphatic rings. The van der Waals surface area contributed by atoms with Crippen LogP contribution in [0.5, 0.6) is 0 Å². The Kier molecular flexibility index (Phi) is 4.82. The molecule has 0 radical (unpaired) electrons. The van der Waals surface area contributed by atoms with Crippen LogP contribution >= 0.6 is 0 Å². The van der Waals surface area contributed by atoms with E-state index < -0.39 is 0 Å². The summed E-state index contributed by atoms with van der Waals surface area (Å²) in [7, 11) is 0. The van der Waals surface area contributed by atoms with Gasteiger partial charge in [-0.25, -0.2) is 0 Å². The van der Waals surface area contributed by atoms with Crippen LogP contribution in [0.3, 0.4) is 0 Å². The summed E-state index contributed by atoms with van der Waals surface area (Å²) in [5, 5.41) is 3.53. The van der Waals surface area contributed by atoms with Crippen LogP contribution in [-0.4, -0.2) is 26.9 Å². The van der Waals surface area contributed by atoms with Gasteiger partial charge in [0, 0.05) is 0 Å². The summed E-state index contributed by atoms with van der Waals surface area (Å²) in [5.41, 5.74) is 0. The summed E-state index contributed by atoms with van der Waals surface area (Å²) in [4.78, 5) is 10.8. The zero-order valence-corrected chi connectivity index (χ0v) is 7.81. The zero-order valence-electron chi connectivity index (χ0n) is 6.10. The Morgan fingerprint density at radius 2 is 2.22 bits per heavy atom. The number of carbonyl (C=O) groups excluding carboxylic acids is 1. The fourth-order valence-corrected chi connectivity index (χ4v) is 1.22. The first kappa shape index (κ1) is 8.99. The Hall–Kier alpha value is -0.0105. The average Bonchev–Trinajstić information content (AvgIpc) is 1.63. The van der Waals surface area contributed by atoms with Crippen LogP contribution in [-0.2, 0) is 4.79 Å². The maximum absolute atomic E-state index is 10.8. The van der Waals surface area contributed by atoms with E-state index in [1.165, 1.54) is 0 Å². The van der Waals surface area contributed by atoms with E-state index in [1.54, 1.807) is 0 Å². The van der Waals surface area contributed by atoms with E-state index >= 15 is 0 Å². The molecule has 0 aromatic rings. The van der Waals surface area contributed by atoms with Crippen molar-refractivity contribution in [1.82, 2.24) is 5.32 Å². The summed E-state index contributed by atoms with van der Waals surface area (Å²) in [5.74, 6) is 2.25. The van der Waals surface area contributed by atoms with Crippen molar-refractivity contribution in [2.75, 3.05) is 0 Å². The summed E-state index contributed by atoms with van der Waals surface area (Å²) in [6.45, 7) is 3.95. The van der Waals surface area contributed by atoms with Gasteiger partial charge in [0.25, 0.3) is 0 Å². The third kappa shape index (κ3) is 5.87. The van der Waals surface area contributed by atoms with Crippen molar-refractivity contribution >= 4 is 20.9 Å². The van der Waals surface area contributed by atoms with Crippen LogP contribution in [0, 0.1) is 0 Å². The Balaban J connectivity index is 3.27. The summed E-state index contributed by atoms with van der Waals surface area (Å²) in [6, 6.07) is 0.292. The van der Waals surface area contributed by atoms with Gasteiger partial charge < -0.3 is 0 Å². The summed E-state index contributed by atoms with van der Waals surface area (Å²) < 4.78 is 0. The van der Waals surface area contributed by atoms with Crippen molar-refractivity contribution in [2.45, 2.75) is 31.0 Å². The number of amides is 1. The molecule has 0 atom stereocenters. The second kappa shape index (κ2) is 4.83. The van der Waals surface area contributed by atoms with E-state index in [4.69, 9.17) is 0 Å². The third-order valence-electron chi connectivity index (χ3n) is 0.725. The predicted octanol–water partition coefficient (Wildman–Crippen LogP) is 0.682. The van der Waals surface area contributed by atoms with Crippen molar-refractivity contribution in [3.05, 3.63) is 0 Å². The quantitative estimate of drug-likeness (QED) is 0.658. The van der Waals surface area contributed by atoms with Gasteiger partial charge in [0.2, 0.25) is 0 Å². The van der Waals surface area contributed by atoms with E-state index in [0.717, 1.165) is 0 Å². The first-order chi connectivity index (χ1) is 4.16. The molecular weight excluding hydrogens is 181 g/mol. The first-order valence-corrected chi connectivity index (χ1v) is 5.87. The number of hydrogen-bond acceptors (Lipinski definition) is 1. The number of rotatable bonds is 3. The summed E-state index contributed by atoms with van der Waals surface area (Å²) >= 11 is 0.471. The molecule has 54 valence electrons. The van der Waals surface area contributed by atoms with Crippen molar-refractivity contribution < 1.29 is 4.79 Å². The van der Waals surface area contributed by atoms with Crippen LogP contribution < -0.4 is 5.32 Å². The predicted molar refractivity (Wildman–Crippen MR) is 39.7 cm³/mol. The molecular formula is C6H13NOSe. The fourth-order valence-electron chi connectivity index (χ4n) is 0.495. The molecule has 1 amide bonds. The Bertz CT molecular complexity index is 93.1. The molecule has 0 saturated heterocycles. The molecule has 0 unspecified atom stereocenters. The third-order valence-corrected chi connectivity index (χ3v) is 1.88. The van der Waals surface area contributed by atoms with Gasteiger partial charge in [-0.2, -0.15) is 0 Å². The Morgan fingerprint density at radius 3 is 2.56 bits per heavy atom. The Morgan fingerprint density at radius 1 is 1.67 bits per heavy atom. The topological polar surface area (TPSA) is 29.1 Å². The SMILES string of the molecule is C[Se]CC(=O)NC(C)C. The molecule has 2 nitrogen and oxygen atoms in total. The van der Waals surface area contributed by atoms with Gasteiger partial charge in [0.15, 0.2) is 0 Å². The molecule has 0 fully saturated rings. The zero-order chi connectivity index (χ0) is 7.28. The van der Waals surface area contributed by atoms with Gasteiger partial charge in [0.1, 0.15) is 0 Å². The average molecular weight is 194 g/mol. The van der Waals surface area contributed by atoms with E-state index in [1.807, 2.05) is 13.8 Å². The molecule has 1 N–H and O–H groups in total. The molecule has 0 aliphatic heterocycles. The van der Waals surface area contributed by atoms with Gasteiger partial charge in [-0.1, -0.05) is 0 Å². The molecule has 0 aliphatic carbocycles. The Labute approximate surface area is 62.6 Å². The fraction of sp³-hybridized carbons (Fsp3) is 0.833. The maximum atomic E-state index is 10.8. The van der Waals surface area contributed by atoms with Crippen LogP contribution in [0.15, 0.2) is 0 Å². The normalized spacial score (nSPS) is 9.78.